The Kier molecular flexibility index (Phi) is 27.1. The maximum atomic E-state index is 13.0. The minimum absolute atomic E-state index is 0.0811. The number of hydrogen-bond acceptors (Lipinski definition) is 2. The van der Waals surface area contributed by atoms with Crippen molar-refractivity contribution < 1.29 is 9.53 Å². The van der Waals surface area contributed by atoms with E-state index in [-0.39, 0.29) is 11.4 Å². The predicted octanol–water partition coefficient (Wildman–Crippen LogP) is 12.1. The highest BCUT2D eigenvalue weighted by atomic mass is 16.5. The molecule has 0 bridgehead atoms. The number of carbonyl (C=O) groups excluding carboxylic acids is 1. The van der Waals surface area contributed by atoms with Crippen molar-refractivity contribution in [3.05, 3.63) is 0 Å². The molecule has 0 saturated carbocycles. The molecular weight excluding hydrogens is 440 g/mol. The Hall–Kier alpha value is -0.530. The summed E-state index contributed by atoms with van der Waals surface area (Å²) in [5.41, 5.74) is -0.271. The van der Waals surface area contributed by atoms with Crippen LogP contribution < -0.4 is 0 Å². The van der Waals surface area contributed by atoms with Crippen molar-refractivity contribution in [2.24, 2.45) is 5.41 Å². The molecule has 0 aliphatic carbocycles. The second-order valence-electron chi connectivity index (χ2n) is 12.0. The smallest absolute Gasteiger partial charge is 0.311 e. The molecule has 0 heterocycles. The molecule has 0 amide bonds. The van der Waals surface area contributed by atoms with Crippen molar-refractivity contribution in [1.82, 2.24) is 0 Å². The summed E-state index contributed by atoms with van der Waals surface area (Å²) >= 11 is 0. The van der Waals surface area contributed by atoms with Gasteiger partial charge >= 0.3 is 5.97 Å². The van der Waals surface area contributed by atoms with Gasteiger partial charge in [0.1, 0.15) is 0 Å². The van der Waals surface area contributed by atoms with Gasteiger partial charge in [-0.2, -0.15) is 0 Å². The summed E-state index contributed by atoms with van der Waals surface area (Å²) in [6.07, 6.45) is 35.1. The highest BCUT2D eigenvalue weighted by Gasteiger charge is 2.33. The van der Waals surface area contributed by atoms with E-state index in [0.29, 0.717) is 6.61 Å². The average Bonchev–Trinajstić information content (AvgIpc) is 2.88. The lowest BCUT2D eigenvalue weighted by Gasteiger charge is -2.27. The van der Waals surface area contributed by atoms with Gasteiger partial charge in [0.25, 0.3) is 0 Å². The van der Waals surface area contributed by atoms with Crippen molar-refractivity contribution in [3.63, 3.8) is 0 Å². The van der Waals surface area contributed by atoms with Crippen molar-refractivity contribution in [2.75, 3.05) is 6.61 Å². The normalized spacial score (nSPS) is 13.1. The lowest BCUT2D eigenvalue weighted by atomic mass is 9.79. The van der Waals surface area contributed by atoms with Crippen LogP contribution in [0.25, 0.3) is 0 Å². The van der Waals surface area contributed by atoms with Crippen LogP contribution in [0.5, 0.6) is 0 Å². The fourth-order valence-corrected chi connectivity index (χ4v) is 5.38. The second kappa shape index (κ2) is 27.5. The van der Waals surface area contributed by atoms with Crippen LogP contribution >= 0.6 is 0 Å². The number of esters is 1. The molecule has 0 radical (unpaired) electrons. The van der Waals surface area contributed by atoms with Gasteiger partial charge in [-0.1, -0.05) is 175 Å². The number of rotatable bonds is 29. The molecule has 2 heteroatoms. The molecular formula is C34H68O2. The molecule has 0 fully saturated rings. The van der Waals surface area contributed by atoms with Crippen LogP contribution in [0.4, 0.5) is 0 Å². The van der Waals surface area contributed by atoms with Crippen LogP contribution in [-0.2, 0) is 9.53 Å². The topological polar surface area (TPSA) is 26.3 Å². The summed E-state index contributed by atoms with van der Waals surface area (Å²) in [6, 6.07) is 0. The SMILES string of the molecule is CCCCCCCCCCCCCCOC(=O)C(C)(CCCCC)CCCCCCCCCCCC. The fraction of sp³-hybridized carbons (Fsp3) is 0.971. The fourth-order valence-electron chi connectivity index (χ4n) is 5.38. The molecule has 0 aromatic heterocycles. The zero-order chi connectivity index (χ0) is 26.6. The standard InChI is InChI=1S/C34H68O2/c1-5-8-11-13-15-17-19-20-22-24-26-29-32-36-33(35)34(4,30-27-10-7-3)31-28-25-23-21-18-16-14-12-9-6-2/h5-32H2,1-4H3. The van der Waals surface area contributed by atoms with Gasteiger partial charge < -0.3 is 4.74 Å². The van der Waals surface area contributed by atoms with Crippen molar-refractivity contribution in [2.45, 2.75) is 201 Å². The summed E-state index contributed by atoms with van der Waals surface area (Å²) in [5.74, 6) is 0.0811. The summed E-state index contributed by atoms with van der Waals surface area (Å²) in [6.45, 7) is 9.61. The number of ether oxygens (including phenoxy) is 1. The molecule has 0 aliphatic rings. The summed E-state index contributed by atoms with van der Waals surface area (Å²) < 4.78 is 5.83. The van der Waals surface area contributed by atoms with Gasteiger partial charge in [-0.05, 0) is 26.2 Å². The molecule has 0 spiro atoms. The van der Waals surface area contributed by atoms with Gasteiger partial charge in [0.05, 0.1) is 12.0 Å². The number of hydrogen-bond donors (Lipinski definition) is 0. The molecule has 1 atom stereocenters. The van der Waals surface area contributed by atoms with Crippen LogP contribution in [-0.4, -0.2) is 12.6 Å². The summed E-state index contributed by atoms with van der Waals surface area (Å²) in [5, 5.41) is 0. The summed E-state index contributed by atoms with van der Waals surface area (Å²) in [4.78, 5) is 13.0. The zero-order valence-corrected chi connectivity index (χ0v) is 25.6. The first-order valence-electron chi connectivity index (χ1n) is 16.8. The van der Waals surface area contributed by atoms with Crippen LogP contribution in [0.2, 0.25) is 0 Å². The average molecular weight is 509 g/mol. The van der Waals surface area contributed by atoms with Gasteiger partial charge in [0, 0.05) is 0 Å². The predicted molar refractivity (Wildman–Crippen MR) is 161 cm³/mol. The third kappa shape index (κ3) is 22.7. The van der Waals surface area contributed by atoms with Crippen molar-refractivity contribution in [1.29, 1.82) is 0 Å². The van der Waals surface area contributed by atoms with Crippen molar-refractivity contribution >= 4 is 5.97 Å². The van der Waals surface area contributed by atoms with E-state index in [1.165, 1.54) is 148 Å². The van der Waals surface area contributed by atoms with E-state index >= 15 is 0 Å². The minimum Gasteiger partial charge on any atom is -0.465 e. The van der Waals surface area contributed by atoms with Gasteiger partial charge in [-0.15, -0.1) is 0 Å². The van der Waals surface area contributed by atoms with Crippen LogP contribution in [0.15, 0.2) is 0 Å². The molecule has 216 valence electrons. The van der Waals surface area contributed by atoms with E-state index in [1.807, 2.05) is 0 Å². The highest BCUT2D eigenvalue weighted by Crippen LogP contribution is 2.33. The van der Waals surface area contributed by atoms with E-state index < -0.39 is 0 Å². The molecule has 0 aliphatic heterocycles. The van der Waals surface area contributed by atoms with Gasteiger partial charge in [0.2, 0.25) is 0 Å². The Morgan fingerprint density at radius 3 is 1.11 bits per heavy atom. The van der Waals surface area contributed by atoms with Crippen molar-refractivity contribution in [3.8, 4) is 0 Å². The molecule has 0 aromatic rings. The Morgan fingerprint density at radius 1 is 0.444 bits per heavy atom. The zero-order valence-electron chi connectivity index (χ0n) is 25.6. The van der Waals surface area contributed by atoms with Crippen LogP contribution in [0, 0.1) is 5.41 Å². The minimum atomic E-state index is -0.271. The highest BCUT2D eigenvalue weighted by molar-refractivity contribution is 5.76. The Morgan fingerprint density at radius 2 is 0.722 bits per heavy atom. The van der Waals surface area contributed by atoms with Gasteiger partial charge in [-0.3, -0.25) is 4.79 Å². The van der Waals surface area contributed by atoms with E-state index in [1.54, 1.807) is 0 Å². The van der Waals surface area contributed by atoms with E-state index in [4.69, 9.17) is 4.74 Å². The Labute approximate surface area is 228 Å². The maximum Gasteiger partial charge on any atom is 0.311 e. The van der Waals surface area contributed by atoms with Crippen LogP contribution in [0.3, 0.4) is 0 Å². The monoisotopic (exact) mass is 509 g/mol. The van der Waals surface area contributed by atoms with Gasteiger partial charge in [0.15, 0.2) is 0 Å². The molecule has 36 heavy (non-hydrogen) atoms. The Balaban J connectivity index is 3.92. The molecule has 2 nitrogen and oxygen atoms in total. The van der Waals surface area contributed by atoms with Gasteiger partial charge in [-0.25, -0.2) is 0 Å². The molecule has 0 saturated heterocycles. The quantitative estimate of drug-likeness (QED) is 0.0741. The molecule has 1 unspecified atom stereocenters. The molecule has 0 rings (SSSR count). The maximum absolute atomic E-state index is 13.0. The first-order valence-corrected chi connectivity index (χ1v) is 16.8. The van der Waals surface area contributed by atoms with Crippen LogP contribution in [0.1, 0.15) is 201 Å². The van der Waals surface area contributed by atoms with E-state index in [2.05, 4.69) is 27.7 Å². The molecule has 0 N–H and O–H groups in total. The van der Waals surface area contributed by atoms with E-state index in [0.717, 1.165) is 25.7 Å². The van der Waals surface area contributed by atoms with E-state index in [9.17, 15) is 4.79 Å². The third-order valence-corrected chi connectivity index (χ3v) is 8.14. The first-order chi connectivity index (χ1) is 17.6. The number of carbonyl (C=O) groups is 1. The Bertz CT molecular complexity index is 446. The lowest BCUT2D eigenvalue weighted by Crippen LogP contribution is -2.30. The molecule has 0 aromatic carbocycles. The number of unbranched alkanes of at least 4 members (excludes halogenated alkanes) is 22. The summed E-state index contributed by atoms with van der Waals surface area (Å²) in [7, 11) is 0. The second-order valence-corrected chi connectivity index (χ2v) is 12.0. The third-order valence-electron chi connectivity index (χ3n) is 8.14. The first kappa shape index (κ1) is 35.5. The lowest BCUT2D eigenvalue weighted by molar-refractivity contribution is -0.156. The largest absolute Gasteiger partial charge is 0.465 e.